The number of hydrogen-bond donors (Lipinski definition) is 2. The van der Waals surface area contributed by atoms with Gasteiger partial charge in [-0.1, -0.05) is 25.0 Å². The lowest BCUT2D eigenvalue weighted by molar-refractivity contribution is 0.0713. The van der Waals surface area contributed by atoms with Crippen LogP contribution in [0.1, 0.15) is 53.8 Å². The summed E-state index contributed by atoms with van der Waals surface area (Å²) in [6.45, 7) is 0. The number of nitrogens with one attached hydrogen (secondary N) is 1. The van der Waals surface area contributed by atoms with Crippen molar-refractivity contribution in [2.45, 2.75) is 57.1 Å². The van der Waals surface area contributed by atoms with E-state index < -0.39 is 6.10 Å². The molecule has 1 amide bonds. The van der Waals surface area contributed by atoms with Crippen molar-refractivity contribution < 1.29 is 14.3 Å². The Hall–Kier alpha value is -2.21. The Bertz CT molecular complexity index is 802. The number of amides is 1. The van der Waals surface area contributed by atoms with Crippen molar-refractivity contribution in [1.29, 1.82) is 0 Å². The third-order valence-corrected chi connectivity index (χ3v) is 5.27. The van der Waals surface area contributed by atoms with Crippen LogP contribution in [0, 0.1) is 5.82 Å². The summed E-state index contributed by atoms with van der Waals surface area (Å²) in [5.41, 5.74) is 2.57. The molecule has 0 bridgehead atoms. The Balaban J connectivity index is 1.66. The molecule has 2 aliphatic rings. The fraction of sp³-hybridized carbons (Fsp3) is 0.474. The number of nitrogens with zero attached hydrogens (tertiary/aromatic N) is 2. The molecular formula is C19H22FN3O2. The van der Waals surface area contributed by atoms with Crippen LogP contribution in [0.3, 0.4) is 0 Å². The number of hydrogen-bond acceptors (Lipinski definition) is 3. The summed E-state index contributed by atoms with van der Waals surface area (Å²) in [6.07, 6.45) is 5.49. The largest absolute Gasteiger partial charge is 0.391 e. The lowest BCUT2D eigenvalue weighted by Crippen LogP contribution is -2.45. The van der Waals surface area contributed by atoms with Gasteiger partial charge in [-0.3, -0.25) is 4.79 Å². The fourth-order valence-corrected chi connectivity index (χ4v) is 3.96. The van der Waals surface area contributed by atoms with Gasteiger partial charge in [0.15, 0.2) is 5.69 Å². The minimum Gasteiger partial charge on any atom is -0.391 e. The van der Waals surface area contributed by atoms with Gasteiger partial charge < -0.3 is 10.4 Å². The molecule has 132 valence electrons. The summed E-state index contributed by atoms with van der Waals surface area (Å²) < 4.78 is 15.8. The predicted molar refractivity (Wildman–Crippen MR) is 91.3 cm³/mol. The highest BCUT2D eigenvalue weighted by molar-refractivity contribution is 5.94. The molecule has 0 radical (unpaired) electrons. The van der Waals surface area contributed by atoms with Crippen molar-refractivity contribution in [3.8, 4) is 5.69 Å². The molecule has 2 N–H and O–H groups in total. The number of halogens is 1. The number of aliphatic hydroxyl groups excluding tert-OH is 1. The highest BCUT2D eigenvalue weighted by atomic mass is 19.1. The first kappa shape index (κ1) is 16.3. The van der Waals surface area contributed by atoms with Crippen molar-refractivity contribution in [3.05, 3.63) is 47.0 Å². The monoisotopic (exact) mass is 343 g/mol. The summed E-state index contributed by atoms with van der Waals surface area (Å²) in [6, 6.07) is 6.25. The van der Waals surface area contributed by atoms with Crippen LogP contribution in [-0.2, 0) is 12.8 Å². The van der Waals surface area contributed by atoms with E-state index in [9.17, 15) is 14.3 Å². The normalized spacial score (nSPS) is 22.6. The molecule has 0 saturated heterocycles. The molecule has 5 nitrogen and oxygen atoms in total. The van der Waals surface area contributed by atoms with Crippen LogP contribution in [0.4, 0.5) is 4.39 Å². The van der Waals surface area contributed by atoms with E-state index in [1.807, 2.05) is 0 Å². The number of aromatic nitrogens is 2. The smallest absolute Gasteiger partial charge is 0.272 e. The zero-order valence-corrected chi connectivity index (χ0v) is 14.0. The van der Waals surface area contributed by atoms with Gasteiger partial charge in [0.2, 0.25) is 0 Å². The van der Waals surface area contributed by atoms with Gasteiger partial charge in [-0.2, -0.15) is 5.10 Å². The summed E-state index contributed by atoms with van der Waals surface area (Å²) in [5.74, 6) is -0.617. The standard InChI is InChI=1S/C19H22FN3O2/c20-13-7-1-3-9-16(13)23-15-10-5-6-12(15)18(22-23)19(25)21-14-8-2-4-11-17(14)24/h1,3,7,9,14,17,24H,2,4-6,8,10-11H2,(H,21,25). The maximum atomic E-state index is 14.2. The molecule has 2 unspecified atom stereocenters. The molecule has 2 aliphatic carbocycles. The zero-order chi connectivity index (χ0) is 17.4. The van der Waals surface area contributed by atoms with E-state index >= 15 is 0 Å². The van der Waals surface area contributed by atoms with Gasteiger partial charge >= 0.3 is 0 Å². The van der Waals surface area contributed by atoms with Crippen molar-refractivity contribution >= 4 is 5.91 Å². The molecular weight excluding hydrogens is 321 g/mol. The molecule has 1 fully saturated rings. The van der Waals surface area contributed by atoms with Crippen molar-refractivity contribution in [3.63, 3.8) is 0 Å². The molecule has 1 saturated carbocycles. The van der Waals surface area contributed by atoms with E-state index in [0.29, 0.717) is 17.8 Å². The highest BCUT2D eigenvalue weighted by Crippen LogP contribution is 2.29. The van der Waals surface area contributed by atoms with E-state index in [1.165, 1.54) is 6.07 Å². The molecule has 6 heteroatoms. The Kier molecular flexibility index (Phi) is 4.29. The molecule has 2 atom stereocenters. The number of fused-ring (bicyclic) bond motifs is 1. The van der Waals surface area contributed by atoms with Gasteiger partial charge in [-0.15, -0.1) is 0 Å². The van der Waals surface area contributed by atoms with E-state index in [0.717, 1.165) is 49.8 Å². The first-order chi connectivity index (χ1) is 12.1. The van der Waals surface area contributed by atoms with Gasteiger partial charge in [-0.05, 0) is 44.2 Å². The maximum absolute atomic E-state index is 14.2. The van der Waals surface area contributed by atoms with E-state index in [4.69, 9.17) is 0 Å². The van der Waals surface area contributed by atoms with E-state index in [1.54, 1.807) is 22.9 Å². The summed E-state index contributed by atoms with van der Waals surface area (Å²) in [4.78, 5) is 12.8. The average Bonchev–Trinajstić information content (AvgIpc) is 3.20. The van der Waals surface area contributed by atoms with Gasteiger partial charge in [0.1, 0.15) is 11.5 Å². The van der Waals surface area contributed by atoms with Crippen LogP contribution in [-0.4, -0.2) is 32.9 Å². The molecule has 0 spiro atoms. The number of carbonyl (C=O) groups is 1. The minimum atomic E-state index is -0.501. The SMILES string of the molecule is O=C(NC1CCCCC1O)c1nn(-c2ccccc2F)c2c1CCC2. The van der Waals surface area contributed by atoms with Crippen LogP contribution >= 0.6 is 0 Å². The first-order valence-corrected chi connectivity index (χ1v) is 9.00. The Labute approximate surface area is 145 Å². The molecule has 1 heterocycles. The molecule has 1 aromatic heterocycles. The number of aliphatic hydroxyl groups is 1. The second-order valence-electron chi connectivity index (χ2n) is 6.92. The zero-order valence-electron chi connectivity index (χ0n) is 14.0. The van der Waals surface area contributed by atoms with Crippen molar-refractivity contribution in [2.24, 2.45) is 0 Å². The van der Waals surface area contributed by atoms with Gasteiger partial charge in [0.05, 0.1) is 12.1 Å². The highest BCUT2D eigenvalue weighted by Gasteiger charge is 2.30. The summed E-state index contributed by atoms with van der Waals surface area (Å²) >= 11 is 0. The Morgan fingerprint density at radius 1 is 1.20 bits per heavy atom. The predicted octanol–water partition coefficient (Wildman–Crippen LogP) is 2.53. The second kappa shape index (κ2) is 6.59. The maximum Gasteiger partial charge on any atom is 0.272 e. The molecule has 2 aromatic rings. The van der Waals surface area contributed by atoms with Gasteiger partial charge in [-0.25, -0.2) is 9.07 Å². The number of benzene rings is 1. The quantitative estimate of drug-likeness (QED) is 0.900. The first-order valence-electron chi connectivity index (χ1n) is 9.00. The summed E-state index contributed by atoms with van der Waals surface area (Å²) in [7, 11) is 0. The number of rotatable bonds is 3. The minimum absolute atomic E-state index is 0.225. The van der Waals surface area contributed by atoms with E-state index in [-0.39, 0.29) is 17.8 Å². The lowest BCUT2D eigenvalue weighted by atomic mass is 9.92. The third-order valence-electron chi connectivity index (χ3n) is 5.27. The van der Waals surface area contributed by atoms with E-state index in [2.05, 4.69) is 10.4 Å². The van der Waals surface area contributed by atoms with Gasteiger partial charge in [0.25, 0.3) is 5.91 Å². The van der Waals surface area contributed by atoms with Crippen LogP contribution in [0.25, 0.3) is 5.69 Å². The average molecular weight is 343 g/mol. The van der Waals surface area contributed by atoms with Crippen LogP contribution in [0.15, 0.2) is 24.3 Å². The number of carbonyl (C=O) groups excluding carboxylic acids is 1. The topological polar surface area (TPSA) is 67.2 Å². The fourth-order valence-electron chi connectivity index (χ4n) is 3.96. The molecule has 4 rings (SSSR count). The van der Waals surface area contributed by atoms with Crippen LogP contribution in [0.5, 0.6) is 0 Å². The lowest BCUT2D eigenvalue weighted by Gasteiger charge is -2.28. The Morgan fingerprint density at radius 2 is 2.00 bits per heavy atom. The van der Waals surface area contributed by atoms with Crippen molar-refractivity contribution in [2.75, 3.05) is 0 Å². The summed E-state index contributed by atoms with van der Waals surface area (Å²) in [5, 5.41) is 17.5. The van der Waals surface area contributed by atoms with Gasteiger partial charge in [0, 0.05) is 11.3 Å². The molecule has 0 aliphatic heterocycles. The van der Waals surface area contributed by atoms with Crippen LogP contribution in [0.2, 0.25) is 0 Å². The second-order valence-corrected chi connectivity index (χ2v) is 6.92. The van der Waals surface area contributed by atoms with Crippen molar-refractivity contribution in [1.82, 2.24) is 15.1 Å². The molecule has 25 heavy (non-hydrogen) atoms. The van der Waals surface area contributed by atoms with Crippen LogP contribution < -0.4 is 5.32 Å². The number of para-hydroxylation sites is 1. The third kappa shape index (κ3) is 2.95. The molecule has 1 aromatic carbocycles. The Morgan fingerprint density at radius 3 is 2.80 bits per heavy atom.